The lowest BCUT2D eigenvalue weighted by Crippen LogP contribution is -2.55. The van der Waals surface area contributed by atoms with Gasteiger partial charge >= 0.3 is 12.3 Å². The quantitative estimate of drug-likeness (QED) is 0.162. The van der Waals surface area contributed by atoms with Crippen LogP contribution in [0.15, 0.2) is 72.8 Å². The molecule has 0 heterocycles. The summed E-state index contributed by atoms with van der Waals surface area (Å²) in [5.41, 5.74) is 0.915. The van der Waals surface area contributed by atoms with E-state index in [0.29, 0.717) is 16.9 Å². The SMILES string of the molecule is COc1ccc([C@H](NC(=O)[C@H](Cc2ccc(CNC(=O)OC(C)(C)C)cc2)NC(=O)c2cccc(Cl)c2)C(=O)N[C@H](C(=O)C(F)(F)F)C(C)C)cc1. The Labute approximate surface area is 305 Å². The number of hydrogen-bond donors (Lipinski definition) is 4. The van der Waals surface area contributed by atoms with Gasteiger partial charge in [0.25, 0.3) is 11.7 Å². The van der Waals surface area contributed by atoms with Crippen LogP contribution in [0.1, 0.15) is 67.7 Å². The van der Waals surface area contributed by atoms with E-state index in [0.717, 1.165) is 0 Å². The van der Waals surface area contributed by atoms with E-state index < -0.39 is 65.4 Å². The van der Waals surface area contributed by atoms with Gasteiger partial charge in [-0.05, 0) is 73.7 Å². The van der Waals surface area contributed by atoms with Gasteiger partial charge in [0.1, 0.15) is 23.4 Å². The number of methoxy groups -OCH3 is 1. The minimum atomic E-state index is -5.22. The Morgan fingerprint density at radius 3 is 1.96 bits per heavy atom. The zero-order valence-electron chi connectivity index (χ0n) is 29.5. The van der Waals surface area contributed by atoms with Gasteiger partial charge in [-0.2, -0.15) is 13.2 Å². The van der Waals surface area contributed by atoms with E-state index in [1.807, 2.05) is 0 Å². The second kappa shape index (κ2) is 17.9. The summed E-state index contributed by atoms with van der Waals surface area (Å²) in [6.45, 7) is 8.05. The fourth-order valence-electron chi connectivity index (χ4n) is 4.89. The number of carbonyl (C=O) groups excluding carboxylic acids is 5. The number of nitrogens with one attached hydrogen (secondary N) is 4. The predicted molar refractivity (Wildman–Crippen MR) is 188 cm³/mol. The Morgan fingerprint density at radius 2 is 1.42 bits per heavy atom. The van der Waals surface area contributed by atoms with Crippen molar-refractivity contribution in [3.8, 4) is 5.75 Å². The summed E-state index contributed by atoms with van der Waals surface area (Å²) in [6, 6.07) is 13.8. The van der Waals surface area contributed by atoms with E-state index >= 15 is 0 Å². The summed E-state index contributed by atoms with van der Waals surface area (Å²) in [5.74, 6) is -5.30. The average molecular weight is 747 g/mol. The molecular formula is C37H42ClF3N4O7. The Bertz CT molecular complexity index is 1730. The number of halogens is 4. The molecule has 0 saturated carbocycles. The highest BCUT2D eigenvalue weighted by atomic mass is 35.5. The van der Waals surface area contributed by atoms with Crippen LogP contribution in [0.5, 0.6) is 5.75 Å². The van der Waals surface area contributed by atoms with Crippen LogP contribution in [0.4, 0.5) is 18.0 Å². The summed E-state index contributed by atoms with van der Waals surface area (Å²) in [4.78, 5) is 65.3. The standard InChI is InChI=1S/C37H42ClF3N4O7/c1-21(2)29(31(46)37(39,40)41)44-34(49)30(24-14-16-27(51-6)17-15-24)45-33(48)28(43-32(47)25-8-7-9-26(38)19-25)18-22-10-12-23(13-11-22)20-42-35(50)52-36(3,4)5/h7-17,19,21,28-30H,18,20H2,1-6H3,(H,42,50)(H,43,47)(H,44,49)(H,45,48)/t28-,29-,30-/m0/s1. The van der Waals surface area contributed by atoms with Gasteiger partial charge in [-0.1, -0.05) is 67.9 Å². The third-order valence-electron chi connectivity index (χ3n) is 7.53. The van der Waals surface area contributed by atoms with Crippen LogP contribution in [-0.4, -0.2) is 60.6 Å². The molecule has 280 valence electrons. The molecule has 0 aliphatic carbocycles. The van der Waals surface area contributed by atoms with E-state index in [-0.39, 0.29) is 29.1 Å². The molecule has 4 amide bonds. The molecule has 0 aliphatic heterocycles. The van der Waals surface area contributed by atoms with Crippen molar-refractivity contribution in [3.63, 3.8) is 0 Å². The topological polar surface area (TPSA) is 152 Å². The molecule has 3 aromatic rings. The fraction of sp³-hybridized carbons (Fsp3) is 0.378. The normalized spacial score (nSPS) is 13.3. The minimum absolute atomic E-state index is 0.0873. The molecule has 3 aromatic carbocycles. The van der Waals surface area contributed by atoms with Gasteiger partial charge in [-0.25, -0.2) is 4.79 Å². The first kappa shape index (κ1) is 41.3. The summed E-state index contributed by atoms with van der Waals surface area (Å²) >= 11 is 6.08. The first-order chi connectivity index (χ1) is 24.3. The average Bonchev–Trinajstić information content (AvgIpc) is 3.07. The number of hydrogen-bond acceptors (Lipinski definition) is 7. The second-order valence-electron chi connectivity index (χ2n) is 13.2. The summed E-state index contributed by atoms with van der Waals surface area (Å²) in [6.07, 6.45) is -5.91. The van der Waals surface area contributed by atoms with E-state index in [2.05, 4.69) is 21.3 Å². The van der Waals surface area contributed by atoms with Crippen molar-refractivity contribution in [3.05, 3.63) is 100 Å². The predicted octanol–water partition coefficient (Wildman–Crippen LogP) is 5.84. The van der Waals surface area contributed by atoms with Crippen molar-refractivity contribution in [2.45, 2.75) is 77.5 Å². The minimum Gasteiger partial charge on any atom is -0.497 e. The Morgan fingerprint density at radius 1 is 0.808 bits per heavy atom. The van der Waals surface area contributed by atoms with Gasteiger partial charge in [-0.3, -0.25) is 19.2 Å². The number of Topliss-reactive ketones (excluding diaryl/α,β-unsaturated/α-hetero) is 1. The summed E-state index contributed by atoms with van der Waals surface area (Å²) in [7, 11) is 1.41. The van der Waals surface area contributed by atoms with E-state index in [4.69, 9.17) is 21.1 Å². The largest absolute Gasteiger partial charge is 0.497 e. The molecule has 0 saturated heterocycles. The van der Waals surface area contributed by atoms with Gasteiger partial charge < -0.3 is 30.7 Å². The van der Waals surface area contributed by atoms with Gasteiger partial charge in [0.15, 0.2) is 0 Å². The van der Waals surface area contributed by atoms with E-state index in [9.17, 15) is 37.1 Å². The van der Waals surface area contributed by atoms with Crippen LogP contribution >= 0.6 is 11.6 Å². The highest BCUT2D eigenvalue weighted by Gasteiger charge is 2.45. The zero-order valence-corrected chi connectivity index (χ0v) is 30.3. The van der Waals surface area contributed by atoms with Crippen LogP contribution in [0.25, 0.3) is 0 Å². The lowest BCUT2D eigenvalue weighted by Gasteiger charge is -2.27. The third kappa shape index (κ3) is 12.6. The van der Waals surface area contributed by atoms with Crippen molar-refractivity contribution < 1.29 is 46.6 Å². The van der Waals surface area contributed by atoms with Crippen LogP contribution in [0.2, 0.25) is 5.02 Å². The Kier molecular flexibility index (Phi) is 14.2. The maximum atomic E-state index is 14.0. The summed E-state index contributed by atoms with van der Waals surface area (Å²) in [5, 5.41) is 10.3. The van der Waals surface area contributed by atoms with Crippen LogP contribution < -0.4 is 26.0 Å². The lowest BCUT2D eigenvalue weighted by atomic mass is 9.97. The molecule has 15 heteroatoms. The number of ether oxygens (including phenoxy) is 2. The zero-order chi connectivity index (χ0) is 38.8. The summed E-state index contributed by atoms with van der Waals surface area (Å²) < 4.78 is 50.7. The number of ketones is 1. The number of rotatable bonds is 14. The van der Waals surface area contributed by atoms with Crippen molar-refractivity contribution in [1.82, 2.24) is 21.3 Å². The van der Waals surface area contributed by atoms with Crippen LogP contribution in [-0.2, 0) is 32.1 Å². The molecule has 0 aliphatic rings. The number of benzene rings is 3. The molecule has 0 radical (unpaired) electrons. The Balaban J connectivity index is 1.93. The molecule has 52 heavy (non-hydrogen) atoms. The maximum absolute atomic E-state index is 14.0. The van der Waals surface area contributed by atoms with Crippen LogP contribution in [0, 0.1) is 5.92 Å². The molecular weight excluding hydrogens is 705 g/mol. The molecule has 0 bridgehead atoms. The molecule has 0 fully saturated rings. The third-order valence-corrected chi connectivity index (χ3v) is 7.77. The van der Waals surface area contributed by atoms with Crippen molar-refractivity contribution in [1.29, 1.82) is 0 Å². The van der Waals surface area contributed by atoms with Gasteiger partial charge in [0.2, 0.25) is 11.8 Å². The second-order valence-corrected chi connectivity index (χ2v) is 13.7. The van der Waals surface area contributed by atoms with Gasteiger partial charge in [-0.15, -0.1) is 0 Å². The van der Waals surface area contributed by atoms with E-state index in [1.165, 1.54) is 57.4 Å². The first-order valence-electron chi connectivity index (χ1n) is 16.2. The molecule has 0 aromatic heterocycles. The molecule has 4 N–H and O–H groups in total. The van der Waals surface area contributed by atoms with Crippen molar-refractivity contribution in [2.24, 2.45) is 5.92 Å². The van der Waals surface area contributed by atoms with Gasteiger partial charge in [0.05, 0.1) is 13.2 Å². The molecule has 0 spiro atoms. The van der Waals surface area contributed by atoms with Crippen LogP contribution in [0.3, 0.4) is 0 Å². The van der Waals surface area contributed by atoms with E-state index in [1.54, 1.807) is 57.2 Å². The molecule has 3 rings (SSSR count). The first-order valence-corrected chi connectivity index (χ1v) is 16.6. The number of carbonyl (C=O) groups is 5. The fourth-order valence-corrected chi connectivity index (χ4v) is 5.08. The highest BCUT2D eigenvalue weighted by Crippen LogP contribution is 2.24. The smallest absolute Gasteiger partial charge is 0.452 e. The number of amides is 4. The number of alkyl halides is 3. The lowest BCUT2D eigenvalue weighted by molar-refractivity contribution is -0.175. The molecule has 0 unspecified atom stereocenters. The molecule has 11 nitrogen and oxygen atoms in total. The Hall–Kier alpha value is -5.11. The monoisotopic (exact) mass is 746 g/mol. The van der Waals surface area contributed by atoms with Crippen molar-refractivity contribution in [2.75, 3.05) is 7.11 Å². The van der Waals surface area contributed by atoms with Crippen molar-refractivity contribution >= 4 is 41.2 Å². The maximum Gasteiger partial charge on any atom is 0.452 e. The van der Waals surface area contributed by atoms with Gasteiger partial charge in [0, 0.05) is 23.6 Å². The molecule has 3 atom stereocenters. The number of alkyl carbamates (subject to hydrolysis) is 1. The highest BCUT2D eigenvalue weighted by molar-refractivity contribution is 6.31.